The topological polar surface area (TPSA) is 12.9 Å². The van der Waals surface area contributed by atoms with Gasteiger partial charge in [-0.3, -0.25) is 0 Å². The molecule has 1 heterocycles. The molecule has 10 heavy (non-hydrogen) atoms. The molecule has 1 aromatic heterocycles. The van der Waals surface area contributed by atoms with Gasteiger partial charge in [0, 0.05) is 4.88 Å². The second kappa shape index (κ2) is 3.71. The first-order chi connectivity index (χ1) is 4.84. The van der Waals surface area contributed by atoms with Crippen LogP contribution in [0.2, 0.25) is 0 Å². The molecule has 0 aliphatic heterocycles. The molecule has 1 nitrogen and oxygen atoms in total. The minimum Gasteiger partial charge on any atom is -0.249 e. The number of thiazole rings is 1. The van der Waals surface area contributed by atoms with Crippen LogP contribution < -0.4 is 0 Å². The van der Waals surface area contributed by atoms with Gasteiger partial charge in [-0.15, -0.1) is 11.3 Å². The van der Waals surface area contributed by atoms with E-state index >= 15 is 0 Å². The third kappa shape index (κ3) is 1.81. The highest BCUT2D eigenvalue weighted by molar-refractivity contribution is 7.09. The Kier molecular flexibility index (Phi) is 2.87. The highest BCUT2D eigenvalue weighted by Gasteiger charge is 1.98. The highest BCUT2D eigenvalue weighted by atomic mass is 32.1. The van der Waals surface area contributed by atoms with Gasteiger partial charge in [0.25, 0.3) is 0 Å². The minimum absolute atomic E-state index is 1.16. The summed E-state index contributed by atoms with van der Waals surface area (Å²) in [6, 6.07) is 0. The SMILES string of the molecule is CCCCc1ncsc1C. The summed E-state index contributed by atoms with van der Waals surface area (Å²) in [4.78, 5) is 5.65. The van der Waals surface area contributed by atoms with E-state index in [0.717, 1.165) is 6.42 Å². The first-order valence-corrected chi connectivity index (χ1v) is 4.61. The van der Waals surface area contributed by atoms with Crippen molar-refractivity contribution < 1.29 is 0 Å². The molecule has 0 bridgehead atoms. The van der Waals surface area contributed by atoms with Crippen molar-refractivity contribution in [2.45, 2.75) is 33.1 Å². The first kappa shape index (κ1) is 7.73. The number of nitrogens with zero attached hydrogens (tertiary/aromatic N) is 1. The number of hydrogen-bond donors (Lipinski definition) is 0. The van der Waals surface area contributed by atoms with E-state index in [4.69, 9.17) is 0 Å². The molecule has 0 aliphatic carbocycles. The highest BCUT2D eigenvalue weighted by Crippen LogP contribution is 2.13. The summed E-state index contributed by atoms with van der Waals surface area (Å²) >= 11 is 1.74. The smallest absolute Gasteiger partial charge is 0.0797 e. The molecule has 0 saturated carbocycles. The van der Waals surface area contributed by atoms with Gasteiger partial charge >= 0.3 is 0 Å². The molecular weight excluding hydrogens is 142 g/mol. The molecule has 0 spiro atoms. The van der Waals surface area contributed by atoms with Crippen molar-refractivity contribution in [3.63, 3.8) is 0 Å². The summed E-state index contributed by atoms with van der Waals surface area (Å²) in [5.41, 5.74) is 3.23. The van der Waals surface area contributed by atoms with Crippen molar-refractivity contribution in [2.24, 2.45) is 0 Å². The Balaban J connectivity index is 2.49. The Morgan fingerprint density at radius 2 is 2.40 bits per heavy atom. The van der Waals surface area contributed by atoms with Gasteiger partial charge < -0.3 is 0 Å². The van der Waals surface area contributed by atoms with Gasteiger partial charge in [-0.25, -0.2) is 4.98 Å². The minimum atomic E-state index is 1.16. The van der Waals surface area contributed by atoms with Gasteiger partial charge in [-0.2, -0.15) is 0 Å². The van der Waals surface area contributed by atoms with Crippen LogP contribution in [0.15, 0.2) is 5.51 Å². The maximum atomic E-state index is 4.27. The van der Waals surface area contributed by atoms with E-state index in [1.54, 1.807) is 11.3 Å². The number of aryl methyl sites for hydroxylation is 2. The van der Waals surface area contributed by atoms with Crippen LogP contribution in [0.5, 0.6) is 0 Å². The van der Waals surface area contributed by atoms with Crippen molar-refractivity contribution >= 4 is 11.3 Å². The van der Waals surface area contributed by atoms with Crippen molar-refractivity contribution in [1.82, 2.24) is 4.98 Å². The average Bonchev–Trinajstić information content (AvgIpc) is 2.31. The lowest BCUT2D eigenvalue weighted by molar-refractivity contribution is 0.777. The molecule has 0 unspecified atom stereocenters. The summed E-state index contributed by atoms with van der Waals surface area (Å²) < 4.78 is 0. The zero-order chi connectivity index (χ0) is 7.40. The molecule has 0 N–H and O–H groups in total. The number of aromatic nitrogens is 1. The molecule has 0 amide bonds. The molecule has 1 aromatic rings. The third-order valence-electron chi connectivity index (χ3n) is 1.61. The molecular formula is C8H13NS. The largest absolute Gasteiger partial charge is 0.249 e. The fourth-order valence-electron chi connectivity index (χ4n) is 0.913. The molecule has 1 rings (SSSR count). The van der Waals surface area contributed by atoms with Crippen molar-refractivity contribution in [1.29, 1.82) is 0 Å². The van der Waals surface area contributed by atoms with Gasteiger partial charge in [0.2, 0.25) is 0 Å². The first-order valence-electron chi connectivity index (χ1n) is 3.73. The van der Waals surface area contributed by atoms with E-state index in [1.165, 1.54) is 23.4 Å². The van der Waals surface area contributed by atoms with E-state index in [-0.39, 0.29) is 0 Å². The summed E-state index contributed by atoms with van der Waals surface area (Å²) in [6.07, 6.45) is 3.69. The predicted molar refractivity (Wildman–Crippen MR) is 45.5 cm³/mol. The van der Waals surface area contributed by atoms with Crippen LogP contribution in [0.4, 0.5) is 0 Å². The zero-order valence-corrected chi connectivity index (χ0v) is 7.37. The van der Waals surface area contributed by atoms with E-state index in [2.05, 4.69) is 18.8 Å². The third-order valence-corrected chi connectivity index (χ3v) is 2.41. The lowest BCUT2D eigenvalue weighted by atomic mass is 10.2. The Morgan fingerprint density at radius 3 is 2.90 bits per heavy atom. The molecule has 0 saturated heterocycles. The Bertz CT molecular complexity index is 193. The number of hydrogen-bond acceptors (Lipinski definition) is 2. The van der Waals surface area contributed by atoms with Gasteiger partial charge in [0.1, 0.15) is 0 Å². The number of rotatable bonds is 3. The molecule has 2 heteroatoms. The van der Waals surface area contributed by atoms with Crippen molar-refractivity contribution in [3.8, 4) is 0 Å². The van der Waals surface area contributed by atoms with Crippen LogP contribution in [0.3, 0.4) is 0 Å². The van der Waals surface area contributed by atoms with Crippen LogP contribution in [0, 0.1) is 6.92 Å². The predicted octanol–water partition coefficient (Wildman–Crippen LogP) is 2.79. The van der Waals surface area contributed by atoms with Crippen LogP contribution in [-0.4, -0.2) is 4.98 Å². The molecule has 0 aromatic carbocycles. The number of unbranched alkanes of at least 4 members (excludes halogenated alkanes) is 1. The Labute approximate surface area is 66.1 Å². The summed E-state index contributed by atoms with van der Waals surface area (Å²) in [7, 11) is 0. The lowest BCUT2D eigenvalue weighted by Crippen LogP contribution is -1.85. The fraction of sp³-hybridized carbons (Fsp3) is 0.625. The Hall–Kier alpha value is -0.370. The Morgan fingerprint density at radius 1 is 1.60 bits per heavy atom. The molecule has 0 radical (unpaired) electrons. The molecule has 0 atom stereocenters. The summed E-state index contributed by atoms with van der Waals surface area (Å²) in [5.74, 6) is 0. The molecule has 0 fully saturated rings. The second-order valence-corrected chi connectivity index (χ2v) is 3.52. The van der Waals surface area contributed by atoms with Crippen LogP contribution in [-0.2, 0) is 6.42 Å². The van der Waals surface area contributed by atoms with E-state index < -0.39 is 0 Å². The molecule has 0 aliphatic rings. The van der Waals surface area contributed by atoms with Crippen molar-refractivity contribution in [2.75, 3.05) is 0 Å². The summed E-state index contributed by atoms with van der Waals surface area (Å²) in [5, 5.41) is 0. The van der Waals surface area contributed by atoms with Crippen LogP contribution in [0.25, 0.3) is 0 Å². The van der Waals surface area contributed by atoms with Crippen LogP contribution >= 0.6 is 11.3 Å². The molecule has 56 valence electrons. The normalized spacial score (nSPS) is 10.2. The monoisotopic (exact) mass is 155 g/mol. The van der Waals surface area contributed by atoms with E-state index in [1.807, 2.05) is 5.51 Å². The zero-order valence-electron chi connectivity index (χ0n) is 6.55. The summed E-state index contributed by atoms with van der Waals surface area (Å²) in [6.45, 7) is 4.35. The van der Waals surface area contributed by atoms with Gasteiger partial charge in [-0.05, 0) is 19.8 Å². The average molecular weight is 155 g/mol. The van der Waals surface area contributed by atoms with E-state index in [0.29, 0.717) is 0 Å². The maximum absolute atomic E-state index is 4.27. The quantitative estimate of drug-likeness (QED) is 0.654. The van der Waals surface area contributed by atoms with Gasteiger partial charge in [-0.1, -0.05) is 13.3 Å². The van der Waals surface area contributed by atoms with Gasteiger partial charge in [0.05, 0.1) is 11.2 Å². The van der Waals surface area contributed by atoms with Crippen LogP contribution in [0.1, 0.15) is 30.3 Å². The van der Waals surface area contributed by atoms with E-state index in [9.17, 15) is 0 Å². The standard InChI is InChI=1S/C8H13NS/c1-3-4-5-8-7(2)10-6-9-8/h6H,3-5H2,1-2H3. The maximum Gasteiger partial charge on any atom is 0.0797 e. The fourth-order valence-corrected chi connectivity index (χ4v) is 1.54. The second-order valence-electron chi connectivity index (χ2n) is 2.46. The van der Waals surface area contributed by atoms with Crippen molar-refractivity contribution in [3.05, 3.63) is 16.1 Å². The van der Waals surface area contributed by atoms with Gasteiger partial charge in [0.15, 0.2) is 0 Å². The lowest BCUT2D eigenvalue weighted by Gasteiger charge is -1.93.